The van der Waals surface area contributed by atoms with Gasteiger partial charge in [-0.25, -0.2) is 0 Å². The van der Waals surface area contributed by atoms with E-state index in [-0.39, 0.29) is 0 Å². The highest BCUT2D eigenvalue weighted by atomic mass is 79.9. The Morgan fingerprint density at radius 1 is 1.20 bits per heavy atom. The van der Waals surface area contributed by atoms with Crippen LogP contribution in [0.4, 0.5) is 0 Å². The zero-order chi connectivity index (χ0) is 14.5. The lowest BCUT2D eigenvalue weighted by Gasteiger charge is -2.14. The van der Waals surface area contributed by atoms with Crippen LogP contribution in [0.15, 0.2) is 34.8 Å². The van der Waals surface area contributed by atoms with Crippen LogP contribution in [-0.4, -0.2) is 15.1 Å². The van der Waals surface area contributed by atoms with Gasteiger partial charge < -0.3 is 0 Å². The number of aromatic nitrogens is 2. The Balaban J connectivity index is 2.12. The number of rotatable bonds is 6. The molecule has 1 aromatic carbocycles. The Morgan fingerprint density at radius 2 is 1.90 bits per heavy atom. The highest BCUT2D eigenvalue weighted by Gasteiger charge is 2.17. The third-order valence-electron chi connectivity index (χ3n) is 3.57. The summed E-state index contributed by atoms with van der Waals surface area (Å²) in [7, 11) is 2.03. The Kier molecular flexibility index (Phi) is 5.85. The van der Waals surface area contributed by atoms with Crippen LogP contribution in [-0.2, 0) is 26.3 Å². The second-order valence-corrected chi connectivity index (χ2v) is 6.54. The molecule has 0 saturated carbocycles. The minimum absolute atomic E-state index is 0.578. The molecular formula is C16H20Br2N2. The fourth-order valence-corrected chi connectivity index (χ4v) is 3.68. The van der Waals surface area contributed by atoms with E-state index in [0.29, 0.717) is 5.92 Å². The molecule has 0 amide bonds. The maximum atomic E-state index is 4.58. The Morgan fingerprint density at radius 3 is 2.45 bits per heavy atom. The molecule has 0 saturated heterocycles. The van der Waals surface area contributed by atoms with E-state index < -0.39 is 0 Å². The monoisotopic (exact) mass is 398 g/mol. The van der Waals surface area contributed by atoms with Crippen LogP contribution in [0, 0.1) is 5.92 Å². The van der Waals surface area contributed by atoms with Gasteiger partial charge in [-0.05, 0) is 46.7 Å². The van der Waals surface area contributed by atoms with Gasteiger partial charge in [-0.1, -0.05) is 53.2 Å². The molecule has 0 aliphatic heterocycles. The highest BCUT2D eigenvalue weighted by Crippen LogP contribution is 2.26. The molecule has 4 heteroatoms. The molecule has 20 heavy (non-hydrogen) atoms. The molecule has 2 rings (SSSR count). The molecule has 2 nitrogen and oxygen atoms in total. The molecule has 0 bridgehead atoms. The molecule has 0 spiro atoms. The van der Waals surface area contributed by atoms with E-state index >= 15 is 0 Å². The lowest BCUT2D eigenvalue weighted by Crippen LogP contribution is -2.13. The van der Waals surface area contributed by atoms with E-state index in [1.807, 2.05) is 11.7 Å². The Bertz CT molecular complexity index is 549. The summed E-state index contributed by atoms with van der Waals surface area (Å²) in [5.41, 5.74) is 3.84. The average Bonchev–Trinajstić information content (AvgIpc) is 2.74. The molecular weight excluding hydrogens is 380 g/mol. The van der Waals surface area contributed by atoms with Gasteiger partial charge in [0, 0.05) is 12.4 Å². The number of nitrogens with zero attached hydrogens (tertiary/aromatic N) is 2. The van der Waals surface area contributed by atoms with E-state index in [0.717, 1.165) is 30.3 Å². The molecule has 1 atom stereocenters. The molecule has 0 radical (unpaired) electrons. The normalized spacial score (nSPS) is 12.6. The largest absolute Gasteiger partial charge is 0.271 e. The number of hydrogen-bond donors (Lipinski definition) is 0. The molecule has 0 aliphatic carbocycles. The number of aryl methyl sites for hydroxylation is 2. The van der Waals surface area contributed by atoms with E-state index in [9.17, 15) is 0 Å². The van der Waals surface area contributed by atoms with Crippen LogP contribution in [0.3, 0.4) is 0 Å². The topological polar surface area (TPSA) is 17.8 Å². The zero-order valence-corrected chi connectivity index (χ0v) is 15.1. The summed E-state index contributed by atoms with van der Waals surface area (Å²) in [6, 6.07) is 10.7. The van der Waals surface area contributed by atoms with Gasteiger partial charge in [-0.3, -0.25) is 4.68 Å². The number of benzene rings is 1. The van der Waals surface area contributed by atoms with Crippen LogP contribution in [0.1, 0.15) is 23.9 Å². The Labute approximate surface area is 137 Å². The summed E-state index contributed by atoms with van der Waals surface area (Å²) < 4.78 is 3.20. The van der Waals surface area contributed by atoms with Crippen molar-refractivity contribution in [2.45, 2.75) is 26.2 Å². The fourth-order valence-electron chi connectivity index (χ4n) is 2.44. The quantitative estimate of drug-likeness (QED) is 0.652. The molecule has 0 aliphatic rings. The third-order valence-corrected chi connectivity index (χ3v) is 5.40. The fraction of sp³-hybridized carbons (Fsp3) is 0.438. The second kappa shape index (κ2) is 7.41. The van der Waals surface area contributed by atoms with Crippen LogP contribution < -0.4 is 0 Å². The van der Waals surface area contributed by atoms with Crippen molar-refractivity contribution >= 4 is 31.9 Å². The van der Waals surface area contributed by atoms with Crippen LogP contribution >= 0.6 is 31.9 Å². The minimum Gasteiger partial charge on any atom is -0.271 e. The summed E-state index contributed by atoms with van der Waals surface area (Å²) in [5.74, 6) is 0.578. The van der Waals surface area contributed by atoms with Gasteiger partial charge in [-0.2, -0.15) is 5.10 Å². The van der Waals surface area contributed by atoms with E-state index in [1.54, 1.807) is 0 Å². The smallest absolute Gasteiger partial charge is 0.0766 e. The number of hydrogen-bond acceptors (Lipinski definition) is 1. The van der Waals surface area contributed by atoms with Gasteiger partial charge in [0.2, 0.25) is 0 Å². The lowest BCUT2D eigenvalue weighted by molar-refractivity contribution is 0.555. The van der Waals surface area contributed by atoms with Gasteiger partial charge >= 0.3 is 0 Å². The summed E-state index contributed by atoms with van der Waals surface area (Å²) in [5, 5.41) is 5.58. The van der Waals surface area contributed by atoms with Crippen LogP contribution in [0.2, 0.25) is 0 Å². The van der Waals surface area contributed by atoms with Crippen molar-refractivity contribution in [3.63, 3.8) is 0 Å². The average molecular weight is 400 g/mol. The predicted molar refractivity (Wildman–Crippen MR) is 91.4 cm³/mol. The number of halogens is 2. The van der Waals surface area contributed by atoms with Gasteiger partial charge in [0.25, 0.3) is 0 Å². The first-order valence-corrected chi connectivity index (χ1v) is 8.87. The summed E-state index contributed by atoms with van der Waals surface area (Å²) >= 11 is 7.37. The first-order valence-electron chi connectivity index (χ1n) is 6.95. The van der Waals surface area contributed by atoms with Crippen molar-refractivity contribution in [2.24, 2.45) is 13.0 Å². The molecule has 1 heterocycles. The summed E-state index contributed by atoms with van der Waals surface area (Å²) in [4.78, 5) is 0. The van der Waals surface area contributed by atoms with Crippen molar-refractivity contribution in [3.8, 4) is 0 Å². The second-order valence-electron chi connectivity index (χ2n) is 5.10. The standard InChI is InChI=1S/C16H20Br2N2/c1-3-14-16(18)15(20(2)19-14)10-13(11-17)9-12-7-5-4-6-8-12/h4-8,13H,3,9-11H2,1-2H3. The van der Waals surface area contributed by atoms with Crippen molar-refractivity contribution < 1.29 is 0 Å². The Hall–Kier alpha value is -0.610. The van der Waals surface area contributed by atoms with Crippen LogP contribution in [0.25, 0.3) is 0 Å². The lowest BCUT2D eigenvalue weighted by atomic mass is 9.96. The first-order chi connectivity index (χ1) is 9.65. The molecule has 0 fully saturated rings. The van der Waals surface area contributed by atoms with E-state index in [4.69, 9.17) is 0 Å². The highest BCUT2D eigenvalue weighted by molar-refractivity contribution is 9.10. The van der Waals surface area contributed by atoms with Crippen molar-refractivity contribution in [3.05, 3.63) is 51.8 Å². The van der Waals surface area contributed by atoms with Crippen LogP contribution in [0.5, 0.6) is 0 Å². The van der Waals surface area contributed by atoms with Crippen molar-refractivity contribution in [1.82, 2.24) is 9.78 Å². The molecule has 2 aromatic rings. The summed E-state index contributed by atoms with van der Waals surface area (Å²) in [6.07, 6.45) is 3.08. The summed E-state index contributed by atoms with van der Waals surface area (Å²) in [6.45, 7) is 2.14. The molecule has 0 N–H and O–H groups in total. The zero-order valence-electron chi connectivity index (χ0n) is 11.9. The van der Waals surface area contributed by atoms with Gasteiger partial charge in [0.05, 0.1) is 15.9 Å². The van der Waals surface area contributed by atoms with Crippen molar-refractivity contribution in [2.75, 3.05) is 5.33 Å². The predicted octanol–water partition coefficient (Wildman–Crippen LogP) is 4.54. The molecule has 1 aromatic heterocycles. The van der Waals surface area contributed by atoms with Crippen molar-refractivity contribution in [1.29, 1.82) is 0 Å². The van der Waals surface area contributed by atoms with E-state index in [1.165, 1.54) is 15.7 Å². The maximum absolute atomic E-state index is 4.58. The van der Waals surface area contributed by atoms with Gasteiger partial charge in [-0.15, -0.1) is 0 Å². The molecule has 1 unspecified atom stereocenters. The van der Waals surface area contributed by atoms with Gasteiger partial charge in [0.15, 0.2) is 0 Å². The maximum Gasteiger partial charge on any atom is 0.0766 e. The third kappa shape index (κ3) is 3.73. The first kappa shape index (κ1) is 15.8. The number of alkyl halides is 1. The van der Waals surface area contributed by atoms with E-state index in [2.05, 4.69) is 74.2 Å². The molecule has 108 valence electrons. The minimum atomic E-state index is 0.578. The SMILES string of the molecule is CCc1nn(C)c(CC(CBr)Cc2ccccc2)c1Br. The van der Waals surface area contributed by atoms with Gasteiger partial charge in [0.1, 0.15) is 0 Å².